The van der Waals surface area contributed by atoms with Crippen molar-refractivity contribution in [2.24, 2.45) is 34.5 Å². The van der Waals surface area contributed by atoms with E-state index in [-0.39, 0.29) is 17.6 Å². The molecule has 3 nitrogen and oxygen atoms in total. The highest BCUT2D eigenvalue weighted by Crippen LogP contribution is 2.66. The normalized spacial score (nSPS) is 37.5. The smallest absolute Gasteiger partial charge is 0.178 e. The molecule has 4 rings (SSSR count). The Morgan fingerprint density at radius 3 is 2.58 bits per heavy atom. The molecule has 0 N–H and O–H groups in total. The van der Waals surface area contributed by atoms with Gasteiger partial charge in [0.15, 0.2) is 5.78 Å². The van der Waals surface area contributed by atoms with E-state index in [0.29, 0.717) is 11.3 Å². The third-order valence-electron chi connectivity index (χ3n) is 10.0. The van der Waals surface area contributed by atoms with Crippen LogP contribution in [-0.2, 0) is 9.59 Å². The lowest BCUT2D eigenvalue weighted by molar-refractivity contribution is -0.305. The molecule has 4 aliphatic carbocycles. The van der Waals surface area contributed by atoms with E-state index in [1.807, 2.05) is 12.2 Å². The second-order valence-corrected chi connectivity index (χ2v) is 11.8. The van der Waals surface area contributed by atoms with Gasteiger partial charge in [0.05, 0.1) is 0 Å². The van der Waals surface area contributed by atoms with E-state index in [1.54, 1.807) is 0 Å². The van der Waals surface area contributed by atoms with Crippen LogP contribution >= 0.6 is 0 Å². The van der Waals surface area contributed by atoms with E-state index in [2.05, 4.69) is 32.1 Å². The van der Waals surface area contributed by atoms with Crippen LogP contribution in [0, 0.1) is 34.5 Å². The quantitative estimate of drug-likeness (QED) is 0.288. The fourth-order valence-corrected chi connectivity index (χ4v) is 8.05. The minimum Gasteiger partial charge on any atom is -0.550 e. The number of allylic oxidation sites excluding steroid dienone is 6. The third-order valence-corrected chi connectivity index (χ3v) is 10.0. The Bertz CT molecular complexity index is 820. The fraction of sp³-hybridized carbons (Fsp3) is 0.733. The van der Waals surface area contributed by atoms with Crippen LogP contribution in [0.2, 0.25) is 0 Å². The number of carboxylic acid groups (broad SMARTS) is 1. The Hall–Kier alpha value is -1.64. The Balaban J connectivity index is 1.25. The molecule has 0 aromatic carbocycles. The number of ketones is 1. The van der Waals surface area contributed by atoms with Crippen molar-refractivity contribution in [1.82, 2.24) is 0 Å². The van der Waals surface area contributed by atoms with E-state index in [9.17, 15) is 14.7 Å². The SMILES string of the molecule is C[C@]12CC[C@H]3[C@@H](CCC4=CC(=O)C=C[C@@]43C)[C@@H]1CC[C@@H]2/C=C/CCCCCCCCC(=O)[O-]. The number of aliphatic carboxylic acids is 1. The lowest BCUT2D eigenvalue weighted by atomic mass is 9.48. The minimum absolute atomic E-state index is 0.108. The van der Waals surface area contributed by atoms with Crippen LogP contribution in [0.25, 0.3) is 0 Å². The lowest BCUT2D eigenvalue weighted by Crippen LogP contribution is -2.49. The first kappa shape index (κ1) is 24.5. The molecule has 0 unspecified atom stereocenters. The molecular weight excluding hydrogens is 408 g/mol. The van der Waals surface area contributed by atoms with Crippen LogP contribution in [0.1, 0.15) is 104 Å². The van der Waals surface area contributed by atoms with Crippen LogP contribution in [-0.4, -0.2) is 11.8 Å². The molecule has 0 saturated heterocycles. The van der Waals surface area contributed by atoms with Crippen molar-refractivity contribution in [2.75, 3.05) is 0 Å². The predicted octanol–water partition coefficient (Wildman–Crippen LogP) is 6.34. The van der Waals surface area contributed by atoms with Gasteiger partial charge in [0.2, 0.25) is 0 Å². The zero-order valence-corrected chi connectivity index (χ0v) is 20.8. The Morgan fingerprint density at radius 2 is 1.79 bits per heavy atom. The Labute approximate surface area is 200 Å². The summed E-state index contributed by atoms with van der Waals surface area (Å²) in [5, 5.41) is 10.4. The van der Waals surface area contributed by atoms with Crippen LogP contribution in [0.4, 0.5) is 0 Å². The van der Waals surface area contributed by atoms with Crippen LogP contribution in [0.3, 0.4) is 0 Å². The highest BCUT2D eigenvalue weighted by atomic mass is 16.4. The van der Waals surface area contributed by atoms with Crippen molar-refractivity contribution in [2.45, 2.75) is 104 Å². The summed E-state index contributed by atoms with van der Waals surface area (Å²) < 4.78 is 0. The molecule has 0 heterocycles. The first-order chi connectivity index (χ1) is 15.8. The molecule has 0 aromatic heterocycles. The third kappa shape index (κ3) is 5.08. The molecule has 0 aromatic rings. The van der Waals surface area contributed by atoms with Crippen LogP contribution < -0.4 is 5.11 Å². The average molecular weight is 452 g/mol. The van der Waals surface area contributed by atoms with Gasteiger partial charge in [-0.2, -0.15) is 0 Å². The number of hydrogen-bond donors (Lipinski definition) is 0. The minimum atomic E-state index is -0.918. The molecule has 3 fully saturated rings. The average Bonchev–Trinajstić information content (AvgIpc) is 3.11. The van der Waals surface area contributed by atoms with Gasteiger partial charge in [-0.1, -0.05) is 63.3 Å². The first-order valence-electron chi connectivity index (χ1n) is 13.7. The number of carboxylic acids is 1. The fourth-order valence-electron chi connectivity index (χ4n) is 8.05. The Morgan fingerprint density at radius 1 is 1.03 bits per heavy atom. The summed E-state index contributed by atoms with van der Waals surface area (Å²) >= 11 is 0. The predicted molar refractivity (Wildman–Crippen MR) is 131 cm³/mol. The number of carbonyl (C=O) groups excluding carboxylic acids is 2. The van der Waals surface area contributed by atoms with Crippen molar-refractivity contribution in [3.05, 3.63) is 36.0 Å². The second-order valence-electron chi connectivity index (χ2n) is 11.8. The molecule has 33 heavy (non-hydrogen) atoms. The first-order valence-corrected chi connectivity index (χ1v) is 13.7. The van der Waals surface area contributed by atoms with Crippen molar-refractivity contribution in [3.63, 3.8) is 0 Å². The maximum atomic E-state index is 12.0. The van der Waals surface area contributed by atoms with Gasteiger partial charge in [-0.25, -0.2) is 0 Å². The van der Waals surface area contributed by atoms with Crippen LogP contribution in [0.5, 0.6) is 0 Å². The second kappa shape index (κ2) is 10.3. The topological polar surface area (TPSA) is 57.2 Å². The van der Waals surface area contributed by atoms with Gasteiger partial charge in [0, 0.05) is 11.4 Å². The molecule has 182 valence electrons. The summed E-state index contributed by atoms with van der Waals surface area (Å²) in [6.45, 7) is 4.98. The largest absolute Gasteiger partial charge is 0.550 e. The van der Waals surface area contributed by atoms with Gasteiger partial charge in [-0.05, 0) is 105 Å². The highest BCUT2D eigenvalue weighted by molar-refractivity contribution is 6.01. The standard InChI is InChI=1S/C30H44O3/c1-29-20-18-27-25(15-13-23-21-24(31)17-19-30(23,27)2)26(29)16-14-22(29)11-9-7-5-3-4-6-8-10-12-28(32)33/h9,11,17,19,21-22,25-27H,3-8,10,12-16,18,20H2,1-2H3,(H,32,33)/p-1/b11-9+/t22-,25-,26-,27-,29+,30-/m0/s1. The summed E-state index contributed by atoms with van der Waals surface area (Å²) in [5.41, 5.74) is 1.95. The van der Waals surface area contributed by atoms with Gasteiger partial charge in [-0.3, -0.25) is 4.79 Å². The molecule has 0 bridgehead atoms. The van der Waals surface area contributed by atoms with E-state index >= 15 is 0 Å². The number of unbranched alkanes of at least 4 members (excludes halogenated alkanes) is 6. The maximum absolute atomic E-state index is 12.0. The summed E-state index contributed by atoms with van der Waals surface area (Å²) in [6, 6.07) is 0. The van der Waals surface area contributed by atoms with Gasteiger partial charge in [-0.15, -0.1) is 0 Å². The van der Waals surface area contributed by atoms with E-state index < -0.39 is 5.97 Å². The van der Waals surface area contributed by atoms with Crippen molar-refractivity contribution in [1.29, 1.82) is 0 Å². The number of rotatable bonds is 10. The molecule has 0 spiro atoms. The molecule has 0 aliphatic heterocycles. The Kier molecular flexibility index (Phi) is 7.66. The van der Waals surface area contributed by atoms with Crippen molar-refractivity contribution < 1.29 is 14.7 Å². The van der Waals surface area contributed by atoms with E-state index in [4.69, 9.17) is 0 Å². The summed E-state index contributed by atoms with van der Waals surface area (Å²) in [7, 11) is 0. The molecule has 0 amide bonds. The van der Waals surface area contributed by atoms with Gasteiger partial charge in [0.25, 0.3) is 0 Å². The van der Waals surface area contributed by atoms with E-state index in [1.165, 1.54) is 63.4 Å². The summed E-state index contributed by atoms with van der Waals surface area (Å²) in [4.78, 5) is 22.4. The van der Waals surface area contributed by atoms with Gasteiger partial charge in [0.1, 0.15) is 0 Å². The summed E-state index contributed by atoms with van der Waals surface area (Å²) in [5.74, 6) is 2.33. The van der Waals surface area contributed by atoms with Gasteiger partial charge < -0.3 is 9.90 Å². The molecule has 3 heteroatoms. The van der Waals surface area contributed by atoms with E-state index in [0.717, 1.165) is 43.4 Å². The van der Waals surface area contributed by atoms with Crippen LogP contribution in [0.15, 0.2) is 36.0 Å². The molecule has 0 radical (unpaired) electrons. The zero-order valence-electron chi connectivity index (χ0n) is 20.8. The number of hydrogen-bond acceptors (Lipinski definition) is 3. The van der Waals surface area contributed by atoms with Gasteiger partial charge >= 0.3 is 0 Å². The number of fused-ring (bicyclic) bond motifs is 5. The number of carbonyl (C=O) groups is 2. The molecular formula is C30H43O3-. The van der Waals surface area contributed by atoms with Crippen molar-refractivity contribution in [3.8, 4) is 0 Å². The monoisotopic (exact) mass is 451 g/mol. The summed E-state index contributed by atoms with van der Waals surface area (Å²) in [6.07, 6.45) is 26.7. The highest BCUT2D eigenvalue weighted by Gasteiger charge is 2.57. The zero-order chi connectivity index (χ0) is 23.5. The van der Waals surface area contributed by atoms with Crippen molar-refractivity contribution >= 4 is 11.8 Å². The molecule has 4 aliphatic rings. The maximum Gasteiger partial charge on any atom is 0.178 e. The lowest BCUT2D eigenvalue weighted by Gasteiger charge is -2.57. The molecule has 3 saturated carbocycles. The molecule has 6 atom stereocenters.